The molecule has 9 heteroatoms. The zero-order chi connectivity index (χ0) is 24.1. The first kappa shape index (κ1) is 24.4. The Bertz CT molecular complexity index is 965. The SMILES string of the molecule is CCOC(=O)[C@H]1[C@H]2C(=O)N([C@@H](CC)CO)C(C(=O)Nc3c(C)cccc3Cl)C23CC[C@]1(C)S3. The largest absolute Gasteiger partial charge is 0.466 e. The van der Waals surface area contributed by atoms with Crippen molar-refractivity contribution in [3.8, 4) is 0 Å². The zero-order valence-electron chi connectivity index (χ0n) is 19.4. The van der Waals surface area contributed by atoms with Gasteiger partial charge in [-0.25, -0.2) is 0 Å². The lowest BCUT2D eigenvalue weighted by Gasteiger charge is -2.36. The Morgan fingerprint density at radius 2 is 2.09 bits per heavy atom. The highest BCUT2D eigenvalue weighted by atomic mass is 35.5. The number of fused-ring (bicyclic) bond motifs is 1. The number of nitrogens with zero attached hydrogens (tertiary/aromatic N) is 1. The first-order valence-electron chi connectivity index (χ1n) is 11.5. The van der Waals surface area contributed by atoms with Crippen molar-refractivity contribution < 1.29 is 24.2 Å². The Morgan fingerprint density at radius 1 is 1.36 bits per heavy atom. The van der Waals surface area contributed by atoms with Gasteiger partial charge in [-0.3, -0.25) is 14.4 Å². The van der Waals surface area contributed by atoms with Crippen LogP contribution < -0.4 is 5.32 Å². The number of nitrogens with one attached hydrogen (secondary N) is 1. The number of aliphatic hydroxyl groups excluding tert-OH is 1. The maximum atomic E-state index is 13.9. The van der Waals surface area contributed by atoms with E-state index in [1.54, 1.807) is 24.8 Å². The van der Waals surface area contributed by atoms with Crippen molar-refractivity contribution in [1.29, 1.82) is 0 Å². The average molecular weight is 495 g/mol. The van der Waals surface area contributed by atoms with Gasteiger partial charge in [-0.15, -0.1) is 11.8 Å². The van der Waals surface area contributed by atoms with Gasteiger partial charge in [0.2, 0.25) is 11.8 Å². The number of hydrogen-bond donors (Lipinski definition) is 2. The van der Waals surface area contributed by atoms with E-state index in [2.05, 4.69) is 5.32 Å². The molecule has 180 valence electrons. The van der Waals surface area contributed by atoms with Crippen molar-refractivity contribution in [2.75, 3.05) is 18.5 Å². The van der Waals surface area contributed by atoms with Crippen LogP contribution in [-0.4, -0.2) is 62.6 Å². The minimum Gasteiger partial charge on any atom is -0.466 e. The second kappa shape index (κ2) is 8.78. The van der Waals surface area contributed by atoms with Crippen LogP contribution in [0.4, 0.5) is 5.69 Å². The smallest absolute Gasteiger partial charge is 0.311 e. The molecule has 2 bridgehead atoms. The van der Waals surface area contributed by atoms with E-state index in [1.165, 1.54) is 4.90 Å². The van der Waals surface area contributed by atoms with E-state index in [1.807, 2.05) is 32.9 Å². The maximum absolute atomic E-state index is 13.9. The summed E-state index contributed by atoms with van der Waals surface area (Å²) in [6.45, 7) is 7.46. The number of carbonyl (C=O) groups is 3. The number of para-hydroxylation sites is 1. The van der Waals surface area contributed by atoms with E-state index in [4.69, 9.17) is 16.3 Å². The molecule has 4 rings (SSSR count). The first-order valence-corrected chi connectivity index (χ1v) is 12.7. The molecule has 3 heterocycles. The van der Waals surface area contributed by atoms with Crippen LogP contribution >= 0.6 is 23.4 Å². The van der Waals surface area contributed by atoms with Crippen molar-refractivity contribution in [2.24, 2.45) is 11.8 Å². The quantitative estimate of drug-likeness (QED) is 0.564. The number of anilines is 1. The van der Waals surface area contributed by atoms with Gasteiger partial charge in [-0.05, 0) is 51.7 Å². The fourth-order valence-electron chi connectivity index (χ4n) is 6.04. The molecule has 7 nitrogen and oxygen atoms in total. The molecule has 33 heavy (non-hydrogen) atoms. The highest BCUT2D eigenvalue weighted by molar-refractivity contribution is 8.02. The van der Waals surface area contributed by atoms with Gasteiger partial charge in [-0.2, -0.15) is 0 Å². The van der Waals surface area contributed by atoms with E-state index in [0.29, 0.717) is 30.0 Å². The molecule has 1 aromatic carbocycles. The molecule has 3 saturated heterocycles. The summed E-state index contributed by atoms with van der Waals surface area (Å²) in [5.41, 5.74) is 1.33. The standard InChI is InChI=1S/C24H31ClN2O5S/c1-5-14(12-28)27-19(20(29)26-18-13(3)8-7-9-15(18)25)24-11-10-23(4,33-24)17(16(24)21(27)30)22(31)32-6-2/h7-9,14,16-17,19,28H,5-6,10-12H2,1-4H3,(H,26,29)/t14-,16-,17+,19?,23-,24?/m0/s1. The summed E-state index contributed by atoms with van der Waals surface area (Å²) in [7, 11) is 0. The Balaban J connectivity index is 1.79. The lowest BCUT2D eigenvalue weighted by Crippen LogP contribution is -2.54. The second-order valence-electron chi connectivity index (χ2n) is 9.39. The van der Waals surface area contributed by atoms with Crippen LogP contribution in [0.2, 0.25) is 5.02 Å². The number of aliphatic hydroxyl groups is 1. The summed E-state index contributed by atoms with van der Waals surface area (Å²) in [5.74, 6) is -2.25. The fraction of sp³-hybridized carbons (Fsp3) is 0.625. The Hall–Kier alpha value is -1.77. The predicted octanol–water partition coefficient (Wildman–Crippen LogP) is 3.40. The van der Waals surface area contributed by atoms with E-state index in [0.717, 1.165) is 5.56 Å². The predicted molar refractivity (Wildman–Crippen MR) is 128 cm³/mol. The molecular weight excluding hydrogens is 464 g/mol. The number of hydrogen-bond acceptors (Lipinski definition) is 6. The number of esters is 1. The molecule has 3 aliphatic heterocycles. The van der Waals surface area contributed by atoms with Crippen LogP contribution in [0.3, 0.4) is 0 Å². The molecule has 1 aromatic rings. The van der Waals surface area contributed by atoms with Gasteiger partial charge in [0.05, 0.1) is 46.5 Å². The second-order valence-corrected chi connectivity index (χ2v) is 11.7. The molecule has 2 N–H and O–H groups in total. The van der Waals surface area contributed by atoms with Crippen molar-refractivity contribution in [3.63, 3.8) is 0 Å². The van der Waals surface area contributed by atoms with Crippen molar-refractivity contribution >= 4 is 46.8 Å². The molecule has 0 saturated carbocycles. The first-order chi connectivity index (χ1) is 15.6. The van der Waals surface area contributed by atoms with Crippen LogP contribution in [0.25, 0.3) is 0 Å². The minimum atomic E-state index is -0.825. The summed E-state index contributed by atoms with van der Waals surface area (Å²) in [6, 6.07) is 4.03. The third-order valence-corrected chi connectivity index (χ3v) is 9.85. The molecule has 1 spiro atoms. The summed E-state index contributed by atoms with van der Waals surface area (Å²) >= 11 is 7.95. The number of halogens is 1. The topological polar surface area (TPSA) is 95.9 Å². The molecule has 2 unspecified atom stereocenters. The molecular formula is C24H31ClN2O5S. The number of carbonyl (C=O) groups excluding carboxylic acids is 3. The number of benzene rings is 1. The van der Waals surface area contributed by atoms with Crippen LogP contribution in [0, 0.1) is 18.8 Å². The molecule has 2 amide bonds. The summed E-state index contributed by atoms with van der Waals surface area (Å²) in [5, 5.41) is 13.5. The van der Waals surface area contributed by atoms with E-state index >= 15 is 0 Å². The highest BCUT2D eigenvalue weighted by Crippen LogP contribution is 2.71. The molecule has 3 fully saturated rings. The minimum absolute atomic E-state index is 0.234. The van der Waals surface area contributed by atoms with E-state index in [-0.39, 0.29) is 31.0 Å². The van der Waals surface area contributed by atoms with Crippen LogP contribution in [-0.2, 0) is 19.1 Å². The lowest BCUT2D eigenvalue weighted by atomic mass is 9.66. The highest BCUT2D eigenvalue weighted by Gasteiger charge is 2.77. The molecule has 0 aromatic heterocycles. The lowest BCUT2D eigenvalue weighted by molar-refractivity contribution is -0.155. The van der Waals surface area contributed by atoms with Crippen LogP contribution in [0.15, 0.2) is 18.2 Å². The van der Waals surface area contributed by atoms with E-state index in [9.17, 15) is 19.5 Å². The van der Waals surface area contributed by atoms with Crippen molar-refractivity contribution in [1.82, 2.24) is 4.90 Å². The summed E-state index contributed by atoms with van der Waals surface area (Å²) in [4.78, 5) is 42.3. The number of rotatable bonds is 7. The van der Waals surface area contributed by atoms with Gasteiger partial charge in [0.15, 0.2) is 0 Å². The molecule has 6 atom stereocenters. The average Bonchev–Trinajstić information content (AvgIpc) is 3.33. The van der Waals surface area contributed by atoms with Gasteiger partial charge in [0.25, 0.3) is 0 Å². The third-order valence-electron chi connectivity index (χ3n) is 7.55. The van der Waals surface area contributed by atoms with Gasteiger partial charge >= 0.3 is 5.97 Å². The Labute approximate surface area is 203 Å². The van der Waals surface area contributed by atoms with Gasteiger partial charge < -0.3 is 20.1 Å². The number of amides is 2. The number of ether oxygens (including phenoxy) is 1. The Morgan fingerprint density at radius 3 is 2.70 bits per heavy atom. The Kier molecular flexibility index (Phi) is 6.48. The van der Waals surface area contributed by atoms with Crippen LogP contribution in [0.1, 0.15) is 45.6 Å². The summed E-state index contributed by atoms with van der Waals surface area (Å²) in [6.07, 6.45) is 1.84. The van der Waals surface area contributed by atoms with Crippen LogP contribution in [0.5, 0.6) is 0 Å². The maximum Gasteiger partial charge on any atom is 0.311 e. The summed E-state index contributed by atoms with van der Waals surface area (Å²) < 4.78 is 4.15. The normalized spacial score (nSPS) is 33.2. The molecule has 0 aliphatic carbocycles. The zero-order valence-corrected chi connectivity index (χ0v) is 21.0. The monoisotopic (exact) mass is 494 g/mol. The number of likely N-dealkylation sites (tertiary alicyclic amines) is 1. The van der Waals surface area contributed by atoms with Gasteiger partial charge in [-0.1, -0.05) is 30.7 Å². The van der Waals surface area contributed by atoms with E-state index < -0.39 is 33.4 Å². The van der Waals surface area contributed by atoms with Crippen molar-refractivity contribution in [2.45, 2.75) is 68.5 Å². The number of aryl methyl sites for hydroxylation is 1. The third kappa shape index (κ3) is 3.56. The fourth-order valence-corrected chi connectivity index (χ4v) is 8.64. The van der Waals surface area contributed by atoms with Crippen molar-refractivity contribution in [3.05, 3.63) is 28.8 Å². The number of thioether (sulfide) groups is 1. The molecule has 0 radical (unpaired) electrons. The molecule has 3 aliphatic rings. The van der Waals surface area contributed by atoms with Gasteiger partial charge in [0, 0.05) is 4.75 Å². The van der Waals surface area contributed by atoms with Gasteiger partial charge in [0.1, 0.15) is 6.04 Å².